The molecule has 0 heterocycles. The van der Waals surface area contributed by atoms with Crippen LogP contribution in [0.1, 0.15) is 50.0 Å². The van der Waals surface area contributed by atoms with Gasteiger partial charge in [0.1, 0.15) is 5.78 Å². The van der Waals surface area contributed by atoms with E-state index in [4.69, 9.17) is 0 Å². The molecule has 0 aromatic heterocycles. The van der Waals surface area contributed by atoms with Crippen LogP contribution >= 0.6 is 0 Å². The Bertz CT molecular complexity index is 395. The van der Waals surface area contributed by atoms with Gasteiger partial charge in [-0.3, -0.25) is 4.79 Å². The van der Waals surface area contributed by atoms with Gasteiger partial charge in [-0.1, -0.05) is 30.3 Å². The van der Waals surface area contributed by atoms with Crippen molar-refractivity contribution >= 4 is 5.78 Å². The Labute approximate surface area is 103 Å². The Balaban J connectivity index is 1.70. The van der Waals surface area contributed by atoms with Crippen LogP contribution in [0.3, 0.4) is 0 Å². The minimum atomic E-state index is 0.504. The lowest BCUT2D eigenvalue weighted by atomic mass is 9.66. The van der Waals surface area contributed by atoms with Gasteiger partial charge in [0, 0.05) is 12.8 Å². The third kappa shape index (κ3) is 2.29. The number of benzene rings is 1. The first kappa shape index (κ1) is 11.0. The van der Waals surface area contributed by atoms with Crippen molar-refractivity contribution in [1.82, 2.24) is 0 Å². The summed E-state index contributed by atoms with van der Waals surface area (Å²) in [5.41, 5.74) is 1.50. The van der Waals surface area contributed by atoms with Crippen LogP contribution in [0.2, 0.25) is 0 Å². The minimum Gasteiger partial charge on any atom is -0.300 e. The number of ketones is 1. The Morgan fingerprint density at radius 2 is 1.76 bits per heavy atom. The van der Waals surface area contributed by atoms with Gasteiger partial charge in [0.05, 0.1) is 0 Å². The second-order valence-electron chi connectivity index (χ2n) is 5.72. The van der Waals surface area contributed by atoms with Crippen LogP contribution in [0.4, 0.5) is 0 Å². The maximum atomic E-state index is 11.5. The van der Waals surface area contributed by atoms with Gasteiger partial charge >= 0.3 is 0 Å². The Morgan fingerprint density at radius 1 is 0.941 bits per heavy atom. The minimum absolute atomic E-state index is 0.504. The molecule has 1 aromatic carbocycles. The van der Waals surface area contributed by atoms with Gasteiger partial charge in [0.15, 0.2) is 0 Å². The summed E-state index contributed by atoms with van der Waals surface area (Å²) in [6.07, 6.45) is 6.69. The number of Topliss-reactive ketones (excluding diaryl/α,β-unsaturated/α-hetero) is 1. The number of carbonyl (C=O) groups excluding carboxylic acids is 1. The highest BCUT2D eigenvalue weighted by Crippen LogP contribution is 2.45. The lowest BCUT2D eigenvalue weighted by Gasteiger charge is -2.38. The predicted octanol–water partition coefficient (Wildman–Crippen LogP) is 3.94. The molecule has 0 radical (unpaired) electrons. The van der Waals surface area contributed by atoms with Crippen molar-refractivity contribution in [2.75, 3.05) is 0 Å². The largest absolute Gasteiger partial charge is 0.300 e. The number of rotatable bonds is 1. The van der Waals surface area contributed by atoms with Gasteiger partial charge in [0.25, 0.3) is 0 Å². The third-order valence-electron chi connectivity index (χ3n) is 4.69. The summed E-state index contributed by atoms with van der Waals surface area (Å²) in [6.45, 7) is 0. The summed E-state index contributed by atoms with van der Waals surface area (Å²) >= 11 is 0. The Hall–Kier alpha value is -1.11. The van der Waals surface area contributed by atoms with Gasteiger partial charge in [-0.15, -0.1) is 0 Å². The van der Waals surface area contributed by atoms with Crippen molar-refractivity contribution in [2.24, 2.45) is 11.8 Å². The number of carbonyl (C=O) groups is 1. The summed E-state index contributed by atoms with van der Waals surface area (Å²) in [5, 5.41) is 0. The van der Waals surface area contributed by atoms with Crippen LogP contribution < -0.4 is 0 Å². The van der Waals surface area contributed by atoms with Crippen molar-refractivity contribution in [3.05, 3.63) is 35.9 Å². The van der Waals surface area contributed by atoms with E-state index < -0.39 is 0 Å². The quantitative estimate of drug-likeness (QED) is 0.711. The molecule has 2 saturated carbocycles. The summed E-state index contributed by atoms with van der Waals surface area (Å²) in [5.74, 6) is 2.76. The fourth-order valence-corrected chi connectivity index (χ4v) is 3.72. The summed E-state index contributed by atoms with van der Waals surface area (Å²) in [6, 6.07) is 10.9. The van der Waals surface area contributed by atoms with E-state index >= 15 is 0 Å². The highest BCUT2D eigenvalue weighted by atomic mass is 16.1. The van der Waals surface area contributed by atoms with Crippen LogP contribution in [-0.4, -0.2) is 5.78 Å². The number of hydrogen-bond donors (Lipinski definition) is 0. The van der Waals surface area contributed by atoms with E-state index in [1.807, 2.05) is 0 Å². The molecule has 90 valence electrons. The van der Waals surface area contributed by atoms with Crippen LogP contribution in [0, 0.1) is 11.8 Å². The van der Waals surface area contributed by atoms with Crippen molar-refractivity contribution < 1.29 is 4.79 Å². The van der Waals surface area contributed by atoms with Crippen LogP contribution in [-0.2, 0) is 4.79 Å². The Morgan fingerprint density at radius 3 is 2.59 bits per heavy atom. The maximum Gasteiger partial charge on any atom is 0.133 e. The zero-order valence-electron chi connectivity index (χ0n) is 10.3. The molecule has 3 unspecified atom stereocenters. The first-order chi connectivity index (χ1) is 8.33. The SMILES string of the molecule is O=C1CCC2CC(c3ccccc3)CCC2C1. The normalized spacial score (nSPS) is 33.2. The van der Waals surface area contributed by atoms with Gasteiger partial charge in [0.2, 0.25) is 0 Å². The van der Waals surface area contributed by atoms with Crippen molar-refractivity contribution in [3.63, 3.8) is 0 Å². The maximum absolute atomic E-state index is 11.5. The molecule has 1 nitrogen and oxygen atoms in total. The van der Waals surface area contributed by atoms with Crippen LogP contribution in [0.25, 0.3) is 0 Å². The highest BCUT2D eigenvalue weighted by molar-refractivity contribution is 5.79. The molecule has 2 fully saturated rings. The first-order valence-corrected chi connectivity index (χ1v) is 6.89. The van der Waals surface area contributed by atoms with Crippen LogP contribution in [0.15, 0.2) is 30.3 Å². The molecule has 1 aromatic rings. The van der Waals surface area contributed by atoms with E-state index in [0.717, 1.165) is 31.1 Å². The van der Waals surface area contributed by atoms with Gasteiger partial charge in [-0.05, 0) is 49.0 Å². The molecule has 0 spiro atoms. The average Bonchev–Trinajstić information content (AvgIpc) is 2.39. The molecule has 3 atom stereocenters. The molecular weight excluding hydrogens is 208 g/mol. The van der Waals surface area contributed by atoms with E-state index in [2.05, 4.69) is 30.3 Å². The molecule has 0 aliphatic heterocycles. The van der Waals surface area contributed by atoms with E-state index in [0.29, 0.717) is 11.7 Å². The van der Waals surface area contributed by atoms with E-state index in [1.54, 1.807) is 0 Å². The summed E-state index contributed by atoms with van der Waals surface area (Å²) in [7, 11) is 0. The molecule has 3 rings (SSSR count). The van der Waals surface area contributed by atoms with Crippen molar-refractivity contribution in [3.8, 4) is 0 Å². The monoisotopic (exact) mass is 228 g/mol. The zero-order valence-corrected chi connectivity index (χ0v) is 10.3. The average molecular weight is 228 g/mol. The molecule has 17 heavy (non-hydrogen) atoms. The first-order valence-electron chi connectivity index (χ1n) is 6.89. The summed E-state index contributed by atoms with van der Waals surface area (Å²) in [4.78, 5) is 11.5. The van der Waals surface area contributed by atoms with E-state index in [1.165, 1.54) is 24.8 Å². The lowest BCUT2D eigenvalue weighted by Crippen LogP contribution is -2.30. The zero-order chi connectivity index (χ0) is 11.7. The number of fused-ring (bicyclic) bond motifs is 1. The molecule has 2 aliphatic rings. The fraction of sp³-hybridized carbons (Fsp3) is 0.562. The predicted molar refractivity (Wildman–Crippen MR) is 68.9 cm³/mol. The van der Waals surface area contributed by atoms with Gasteiger partial charge < -0.3 is 0 Å². The molecule has 1 heteroatoms. The van der Waals surface area contributed by atoms with Gasteiger partial charge in [-0.2, -0.15) is 0 Å². The lowest BCUT2D eigenvalue weighted by molar-refractivity contribution is -0.123. The third-order valence-corrected chi connectivity index (χ3v) is 4.69. The van der Waals surface area contributed by atoms with Crippen LogP contribution in [0.5, 0.6) is 0 Å². The molecule has 0 N–H and O–H groups in total. The smallest absolute Gasteiger partial charge is 0.133 e. The van der Waals surface area contributed by atoms with Crippen molar-refractivity contribution in [1.29, 1.82) is 0 Å². The molecule has 0 bridgehead atoms. The topological polar surface area (TPSA) is 17.1 Å². The van der Waals surface area contributed by atoms with E-state index in [-0.39, 0.29) is 0 Å². The molecule has 2 aliphatic carbocycles. The standard InChI is InChI=1S/C16H20O/c17-16-9-8-14-10-13(6-7-15(14)11-16)12-4-2-1-3-5-12/h1-5,13-15H,6-11H2. The second-order valence-corrected chi connectivity index (χ2v) is 5.72. The number of hydrogen-bond acceptors (Lipinski definition) is 1. The summed E-state index contributed by atoms with van der Waals surface area (Å²) < 4.78 is 0. The van der Waals surface area contributed by atoms with Crippen molar-refractivity contribution in [2.45, 2.75) is 44.4 Å². The Kier molecular flexibility index (Phi) is 3.00. The highest BCUT2D eigenvalue weighted by Gasteiger charge is 2.35. The fourth-order valence-electron chi connectivity index (χ4n) is 3.72. The van der Waals surface area contributed by atoms with E-state index in [9.17, 15) is 4.79 Å². The molecule has 0 saturated heterocycles. The van der Waals surface area contributed by atoms with Gasteiger partial charge in [-0.25, -0.2) is 0 Å². The second kappa shape index (κ2) is 4.64. The molecular formula is C16H20O. The molecule has 0 amide bonds.